The van der Waals surface area contributed by atoms with Crippen LogP contribution in [0.3, 0.4) is 0 Å². The molecule has 1 aliphatic rings. The second-order valence-corrected chi connectivity index (χ2v) is 4.78. The van der Waals surface area contributed by atoms with Gasteiger partial charge in [-0.3, -0.25) is 0 Å². The van der Waals surface area contributed by atoms with Crippen molar-refractivity contribution in [2.75, 3.05) is 25.1 Å². The van der Waals surface area contributed by atoms with Crippen molar-refractivity contribution in [2.24, 2.45) is 0 Å². The van der Waals surface area contributed by atoms with Gasteiger partial charge in [0, 0.05) is 17.6 Å². The number of benzene rings is 1. The predicted molar refractivity (Wildman–Crippen MR) is 66.8 cm³/mol. The zero-order valence-electron chi connectivity index (χ0n) is 9.00. The Morgan fingerprint density at radius 2 is 1.93 bits per heavy atom. The topological polar surface area (TPSA) is 12.5 Å². The van der Waals surface area contributed by atoms with Crippen LogP contribution in [0.5, 0.6) is 5.75 Å². The minimum Gasteiger partial charge on any atom is -0.495 e. The normalized spacial score (nSPS) is 16.5. The highest BCUT2D eigenvalue weighted by Crippen LogP contribution is 2.32. The average Bonchev–Trinajstić information content (AvgIpc) is 2.30. The number of nitrogens with zero attached hydrogens (tertiary/aromatic N) is 1. The molecule has 2 nitrogen and oxygen atoms in total. The number of ether oxygens (including phenoxy) is 1. The van der Waals surface area contributed by atoms with E-state index in [0.717, 1.165) is 23.3 Å². The molecule has 1 aliphatic heterocycles. The summed E-state index contributed by atoms with van der Waals surface area (Å²) in [5.74, 6) is 0.972. The molecule has 1 heterocycles. The lowest BCUT2D eigenvalue weighted by atomic mass is 10.1. The summed E-state index contributed by atoms with van der Waals surface area (Å²) in [5, 5.41) is 0. The van der Waals surface area contributed by atoms with Gasteiger partial charge < -0.3 is 9.64 Å². The summed E-state index contributed by atoms with van der Waals surface area (Å²) in [7, 11) is 1.73. The van der Waals surface area contributed by atoms with Crippen LogP contribution in [0.15, 0.2) is 22.7 Å². The lowest BCUT2D eigenvalue weighted by molar-refractivity contribution is 0.412. The maximum absolute atomic E-state index is 5.39. The summed E-state index contributed by atoms with van der Waals surface area (Å²) in [4.78, 5) is 2.41. The molecule has 0 saturated carbocycles. The summed E-state index contributed by atoms with van der Waals surface area (Å²) in [5.41, 5.74) is 1.21. The van der Waals surface area contributed by atoms with Gasteiger partial charge in [0.25, 0.3) is 0 Å². The van der Waals surface area contributed by atoms with Gasteiger partial charge >= 0.3 is 0 Å². The third-order valence-electron chi connectivity index (χ3n) is 2.84. The molecular formula is C12H16BrNO. The summed E-state index contributed by atoms with van der Waals surface area (Å²) >= 11 is 3.51. The molecule has 0 aromatic heterocycles. The number of rotatable bonds is 2. The monoisotopic (exact) mass is 269 g/mol. The van der Waals surface area contributed by atoms with E-state index in [2.05, 4.69) is 26.9 Å². The third kappa shape index (κ3) is 2.46. The van der Waals surface area contributed by atoms with E-state index in [9.17, 15) is 0 Å². The fraction of sp³-hybridized carbons (Fsp3) is 0.500. The minimum absolute atomic E-state index is 0.972. The summed E-state index contributed by atoms with van der Waals surface area (Å²) < 4.78 is 6.51. The molecule has 0 amide bonds. The first kappa shape index (κ1) is 10.8. The van der Waals surface area contributed by atoms with Gasteiger partial charge in [-0.1, -0.05) is 15.9 Å². The van der Waals surface area contributed by atoms with Crippen molar-refractivity contribution in [3.63, 3.8) is 0 Å². The lowest BCUT2D eigenvalue weighted by Gasteiger charge is -2.30. The lowest BCUT2D eigenvalue weighted by Crippen LogP contribution is -2.29. The van der Waals surface area contributed by atoms with Crippen molar-refractivity contribution in [3.8, 4) is 5.75 Å². The molecule has 0 spiro atoms. The molecule has 82 valence electrons. The Morgan fingerprint density at radius 1 is 1.20 bits per heavy atom. The van der Waals surface area contributed by atoms with Gasteiger partial charge in [0.15, 0.2) is 0 Å². The van der Waals surface area contributed by atoms with Crippen molar-refractivity contribution in [1.82, 2.24) is 0 Å². The van der Waals surface area contributed by atoms with Gasteiger partial charge in [-0.15, -0.1) is 0 Å². The number of anilines is 1. The van der Waals surface area contributed by atoms with E-state index in [-0.39, 0.29) is 0 Å². The maximum Gasteiger partial charge on any atom is 0.142 e. The van der Waals surface area contributed by atoms with Crippen LogP contribution in [0.1, 0.15) is 19.3 Å². The van der Waals surface area contributed by atoms with Crippen LogP contribution in [-0.4, -0.2) is 20.2 Å². The van der Waals surface area contributed by atoms with Crippen molar-refractivity contribution < 1.29 is 4.74 Å². The smallest absolute Gasteiger partial charge is 0.142 e. The fourth-order valence-electron chi connectivity index (χ4n) is 2.05. The largest absolute Gasteiger partial charge is 0.495 e. The third-order valence-corrected chi connectivity index (χ3v) is 3.33. The van der Waals surface area contributed by atoms with Crippen LogP contribution in [0.2, 0.25) is 0 Å². The molecule has 1 fully saturated rings. The first-order valence-corrected chi connectivity index (χ1v) is 6.19. The minimum atomic E-state index is 0.972. The SMILES string of the molecule is COc1ccc(Br)cc1N1CCCCC1. The van der Waals surface area contributed by atoms with E-state index in [1.807, 2.05) is 12.1 Å². The van der Waals surface area contributed by atoms with Crippen molar-refractivity contribution in [2.45, 2.75) is 19.3 Å². The molecule has 1 saturated heterocycles. The standard InChI is InChI=1S/C12H16BrNO/c1-15-12-6-5-10(13)9-11(12)14-7-3-2-4-8-14/h5-6,9H,2-4,7-8H2,1H3. The Hall–Kier alpha value is -0.700. The summed E-state index contributed by atoms with van der Waals surface area (Å²) in [6.07, 6.45) is 3.93. The Labute approximate surface area is 99.4 Å². The highest BCUT2D eigenvalue weighted by atomic mass is 79.9. The van der Waals surface area contributed by atoms with Gasteiger partial charge in [0.1, 0.15) is 5.75 Å². The Morgan fingerprint density at radius 3 is 2.60 bits per heavy atom. The zero-order chi connectivity index (χ0) is 10.7. The van der Waals surface area contributed by atoms with Crippen LogP contribution >= 0.6 is 15.9 Å². The molecule has 15 heavy (non-hydrogen) atoms. The highest BCUT2D eigenvalue weighted by Gasteiger charge is 2.15. The van der Waals surface area contributed by atoms with Crippen LogP contribution in [-0.2, 0) is 0 Å². The zero-order valence-corrected chi connectivity index (χ0v) is 10.6. The molecular weight excluding hydrogens is 254 g/mol. The Kier molecular flexibility index (Phi) is 3.52. The van der Waals surface area contributed by atoms with Gasteiger partial charge in [0.2, 0.25) is 0 Å². The average molecular weight is 270 g/mol. The van der Waals surface area contributed by atoms with Crippen molar-refractivity contribution in [1.29, 1.82) is 0 Å². The second-order valence-electron chi connectivity index (χ2n) is 3.86. The molecule has 0 unspecified atom stereocenters. The number of methoxy groups -OCH3 is 1. The quantitative estimate of drug-likeness (QED) is 0.816. The van der Waals surface area contributed by atoms with E-state index in [1.165, 1.54) is 24.9 Å². The molecule has 0 atom stereocenters. The van der Waals surface area contributed by atoms with Crippen LogP contribution in [0.4, 0.5) is 5.69 Å². The molecule has 3 heteroatoms. The molecule has 1 aromatic carbocycles. The van der Waals surface area contributed by atoms with Crippen molar-refractivity contribution in [3.05, 3.63) is 22.7 Å². The van der Waals surface area contributed by atoms with E-state index < -0.39 is 0 Å². The van der Waals surface area contributed by atoms with E-state index >= 15 is 0 Å². The molecule has 1 aromatic rings. The van der Waals surface area contributed by atoms with Gasteiger partial charge in [0.05, 0.1) is 12.8 Å². The molecule has 0 radical (unpaired) electrons. The predicted octanol–water partition coefficient (Wildman–Crippen LogP) is 3.45. The molecule has 2 rings (SSSR count). The maximum atomic E-state index is 5.39. The first-order chi connectivity index (χ1) is 7.31. The van der Waals surface area contributed by atoms with E-state index in [1.54, 1.807) is 7.11 Å². The summed E-state index contributed by atoms with van der Waals surface area (Å²) in [6, 6.07) is 6.18. The van der Waals surface area contributed by atoms with Crippen LogP contribution in [0.25, 0.3) is 0 Å². The molecule has 0 aliphatic carbocycles. The number of halogens is 1. The van der Waals surface area contributed by atoms with Gasteiger partial charge in [-0.25, -0.2) is 0 Å². The molecule has 0 N–H and O–H groups in total. The van der Waals surface area contributed by atoms with Crippen molar-refractivity contribution >= 4 is 21.6 Å². The molecule has 0 bridgehead atoms. The van der Waals surface area contributed by atoms with Crippen LogP contribution < -0.4 is 9.64 Å². The van der Waals surface area contributed by atoms with Gasteiger partial charge in [-0.2, -0.15) is 0 Å². The van der Waals surface area contributed by atoms with E-state index in [4.69, 9.17) is 4.74 Å². The van der Waals surface area contributed by atoms with E-state index in [0.29, 0.717) is 0 Å². The Bertz CT molecular complexity index is 334. The number of hydrogen-bond donors (Lipinski definition) is 0. The van der Waals surface area contributed by atoms with Gasteiger partial charge in [-0.05, 0) is 37.5 Å². The highest BCUT2D eigenvalue weighted by molar-refractivity contribution is 9.10. The Balaban J connectivity index is 2.27. The fourth-order valence-corrected chi connectivity index (χ4v) is 2.39. The number of hydrogen-bond acceptors (Lipinski definition) is 2. The summed E-state index contributed by atoms with van der Waals surface area (Å²) in [6.45, 7) is 2.29. The second kappa shape index (κ2) is 4.88. The number of piperidine rings is 1. The first-order valence-electron chi connectivity index (χ1n) is 5.40. The van der Waals surface area contributed by atoms with Crippen LogP contribution in [0, 0.1) is 0 Å².